The van der Waals surface area contributed by atoms with Gasteiger partial charge < -0.3 is 10.5 Å². The van der Waals surface area contributed by atoms with Crippen molar-refractivity contribution in [2.24, 2.45) is 0 Å². The van der Waals surface area contributed by atoms with E-state index in [9.17, 15) is 17.2 Å². The van der Waals surface area contributed by atoms with Gasteiger partial charge in [0.2, 0.25) is 5.88 Å². The largest absolute Gasteiger partial charge is 0.480 e. The van der Waals surface area contributed by atoms with Crippen molar-refractivity contribution in [1.29, 1.82) is 0 Å². The Bertz CT molecular complexity index is 1450. The predicted octanol–water partition coefficient (Wildman–Crippen LogP) is 4.73. The highest BCUT2D eigenvalue weighted by molar-refractivity contribution is 9.10. The van der Waals surface area contributed by atoms with Crippen LogP contribution in [0.25, 0.3) is 22.0 Å². The van der Waals surface area contributed by atoms with Gasteiger partial charge in [0.15, 0.2) is 0 Å². The first-order chi connectivity index (χ1) is 15.2. The van der Waals surface area contributed by atoms with Crippen LogP contribution in [0.1, 0.15) is 0 Å². The van der Waals surface area contributed by atoms with Crippen LogP contribution >= 0.6 is 15.9 Å². The molecule has 0 aliphatic carbocycles. The van der Waals surface area contributed by atoms with Gasteiger partial charge in [0, 0.05) is 23.2 Å². The van der Waals surface area contributed by atoms with Crippen LogP contribution in [0.5, 0.6) is 5.88 Å². The number of ether oxygens (including phenoxy) is 1. The number of hydrogen-bond acceptors (Lipinski definition) is 6. The number of nitrogens with one attached hydrogen (secondary N) is 1. The highest BCUT2D eigenvalue weighted by atomic mass is 79.9. The van der Waals surface area contributed by atoms with Crippen LogP contribution in [0.15, 0.2) is 64.1 Å². The third-order valence-corrected chi connectivity index (χ3v) is 6.54. The van der Waals surface area contributed by atoms with E-state index in [0.29, 0.717) is 27.4 Å². The van der Waals surface area contributed by atoms with Gasteiger partial charge in [-0.1, -0.05) is 6.07 Å². The van der Waals surface area contributed by atoms with Gasteiger partial charge in [0.25, 0.3) is 10.0 Å². The molecule has 0 bridgehead atoms. The fourth-order valence-electron chi connectivity index (χ4n) is 3.08. The van der Waals surface area contributed by atoms with Crippen LogP contribution in [0.2, 0.25) is 0 Å². The van der Waals surface area contributed by atoms with Crippen molar-refractivity contribution in [2.45, 2.75) is 4.90 Å². The Hall–Kier alpha value is -3.31. The second-order valence-corrected chi connectivity index (χ2v) is 9.29. The molecule has 164 valence electrons. The molecule has 0 amide bonds. The van der Waals surface area contributed by atoms with E-state index in [-0.39, 0.29) is 11.6 Å². The second-order valence-electron chi connectivity index (χ2n) is 6.75. The fraction of sp³-hybridized carbons (Fsp3) is 0.0476. The summed E-state index contributed by atoms with van der Waals surface area (Å²) in [6, 6.07) is 10.8. The van der Waals surface area contributed by atoms with Gasteiger partial charge in [0.05, 0.1) is 22.0 Å². The minimum absolute atomic E-state index is 0.00591. The molecule has 0 saturated carbocycles. The number of nitrogens with two attached hydrogens (primary N) is 1. The quantitative estimate of drug-likeness (QED) is 0.394. The molecule has 0 atom stereocenters. The molecule has 7 nitrogen and oxygen atoms in total. The van der Waals surface area contributed by atoms with E-state index in [2.05, 4.69) is 30.6 Å². The summed E-state index contributed by atoms with van der Waals surface area (Å²) in [6.07, 6.45) is 1.51. The number of nitrogens with zero attached hydrogens (tertiary/aromatic N) is 2. The lowest BCUT2D eigenvalue weighted by Gasteiger charge is -2.13. The van der Waals surface area contributed by atoms with Gasteiger partial charge in [0.1, 0.15) is 23.1 Å². The number of halogens is 3. The van der Waals surface area contributed by atoms with Gasteiger partial charge in [-0.15, -0.1) is 0 Å². The number of rotatable bonds is 5. The molecule has 0 aliphatic heterocycles. The lowest BCUT2D eigenvalue weighted by Crippen LogP contribution is -2.14. The number of methoxy groups -OCH3 is 1. The van der Waals surface area contributed by atoms with Gasteiger partial charge in [-0.25, -0.2) is 27.2 Å². The zero-order chi connectivity index (χ0) is 23.0. The summed E-state index contributed by atoms with van der Waals surface area (Å²) in [5.74, 6) is -1.67. The maximum atomic E-state index is 13.5. The van der Waals surface area contributed by atoms with Crippen molar-refractivity contribution < 1.29 is 21.9 Å². The highest BCUT2D eigenvalue weighted by Gasteiger charge is 2.20. The maximum absolute atomic E-state index is 13.5. The van der Waals surface area contributed by atoms with Crippen molar-refractivity contribution in [2.75, 3.05) is 17.6 Å². The Kier molecular flexibility index (Phi) is 5.70. The fourth-order valence-corrected chi connectivity index (χ4v) is 4.50. The highest BCUT2D eigenvalue weighted by Crippen LogP contribution is 2.32. The molecule has 0 unspecified atom stereocenters. The van der Waals surface area contributed by atoms with Crippen LogP contribution in [0.3, 0.4) is 0 Å². The molecule has 2 heterocycles. The number of nitrogen functional groups attached to an aromatic ring is 1. The van der Waals surface area contributed by atoms with Gasteiger partial charge in [-0.05, 0) is 57.9 Å². The van der Waals surface area contributed by atoms with E-state index in [1.54, 1.807) is 12.1 Å². The molecular formula is C21H15BrF2N4O3S. The SMILES string of the molecule is COc1ncc(-c2ccc3nc(N)c(Br)cc3c2)cc1NS(=O)(=O)c1cc(F)cc(F)c1. The van der Waals surface area contributed by atoms with Crippen molar-refractivity contribution in [3.8, 4) is 17.0 Å². The third kappa shape index (κ3) is 4.34. The first-order valence-corrected chi connectivity index (χ1v) is 11.3. The lowest BCUT2D eigenvalue weighted by molar-refractivity contribution is 0.400. The maximum Gasteiger partial charge on any atom is 0.262 e. The number of benzene rings is 2. The van der Waals surface area contributed by atoms with E-state index in [4.69, 9.17) is 10.5 Å². The van der Waals surface area contributed by atoms with Gasteiger partial charge >= 0.3 is 0 Å². The van der Waals surface area contributed by atoms with E-state index in [0.717, 1.165) is 23.1 Å². The predicted molar refractivity (Wildman–Crippen MR) is 121 cm³/mol. The number of fused-ring (bicyclic) bond motifs is 1. The van der Waals surface area contributed by atoms with Crippen molar-refractivity contribution in [3.63, 3.8) is 0 Å². The third-order valence-electron chi connectivity index (χ3n) is 4.56. The summed E-state index contributed by atoms with van der Waals surface area (Å²) in [7, 11) is -2.99. The van der Waals surface area contributed by atoms with Crippen LogP contribution < -0.4 is 15.2 Å². The summed E-state index contributed by atoms with van der Waals surface area (Å²) >= 11 is 3.35. The molecule has 3 N–H and O–H groups in total. The Morgan fingerprint density at radius 1 is 1.03 bits per heavy atom. The molecule has 0 aliphatic rings. The number of hydrogen-bond donors (Lipinski definition) is 2. The van der Waals surface area contributed by atoms with Crippen LogP contribution in [0.4, 0.5) is 20.3 Å². The number of anilines is 2. The second kappa shape index (κ2) is 8.32. The zero-order valence-corrected chi connectivity index (χ0v) is 18.8. The molecule has 0 fully saturated rings. The topological polar surface area (TPSA) is 107 Å². The normalized spacial score (nSPS) is 11.5. The Labute approximate surface area is 190 Å². The molecule has 0 radical (unpaired) electrons. The van der Waals surface area contributed by atoms with E-state index >= 15 is 0 Å². The van der Waals surface area contributed by atoms with Crippen LogP contribution in [-0.2, 0) is 10.0 Å². The summed E-state index contributed by atoms with van der Waals surface area (Å²) in [4.78, 5) is 7.88. The minimum atomic E-state index is -4.32. The molecule has 32 heavy (non-hydrogen) atoms. The zero-order valence-electron chi connectivity index (χ0n) is 16.4. The Morgan fingerprint density at radius 3 is 2.44 bits per heavy atom. The van der Waals surface area contributed by atoms with E-state index in [1.807, 2.05) is 12.1 Å². The molecule has 2 aromatic heterocycles. The average molecular weight is 521 g/mol. The first kappa shape index (κ1) is 21.9. The van der Waals surface area contributed by atoms with Gasteiger partial charge in [-0.3, -0.25) is 4.72 Å². The molecule has 4 rings (SSSR count). The van der Waals surface area contributed by atoms with Crippen LogP contribution in [-0.4, -0.2) is 25.5 Å². The molecule has 11 heteroatoms. The Balaban J connectivity index is 1.76. The summed E-state index contributed by atoms with van der Waals surface area (Å²) in [5.41, 5.74) is 7.81. The van der Waals surface area contributed by atoms with Crippen LogP contribution in [0, 0.1) is 11.6 Å². The summed E-state index contributed by atoms with van der Waals surface area (Å²) in [6.45, 7) is 0. The summed E-state index contributed by atoms with van der Waals surface area (Å²) < 4.78 is 60.6. The number of sulfonamides is 1. The molecule has 0 spiro atoms. The van der Waals surface area contributed by atoms with Crippen molar-refractivity contribution in [3.05, 3.63) is 70.8 Å². The standard InChI is InChI=1S/C21H15BrF2N4O3S/c1-31-21-19(28-32(29,30)16-8-14(23)7-15(24)9-16)6-13(10-26-21)11-2-3-18-12(4-11)5-17(22)20(25)27-18/h2-10,28H,1H3,(H2,25,27). The molecular weight excluding hydrogens is 506 g/mol. The van der Waals surface area contributed by atoms with E-state index in [1.165, 1.54) is 19.4 Å². The average Bonchev–Trinajstić information content (AvgIpc) is 2.73. The van der Waals surface area contributed by atoms with Crippen molar-refractivity contribution in [1.82, 2.24) is 9.97 Å². The first-order valence-electron chi connectivity index (χ1n) is 9.05. The summed E-state index contributed by atoms with van der Waals surface area (Å²) in [5, 5.41) is 0.803. The van der Waals surface area contributed by atoms with E-state index < -0.39 is 26.6 Å². The Morgan fingerprint density at radius 2 is 1.75 bits per heavy atom. The van der Waals surface area contributed by atoms with Gasteiger partial charge in [-0.2, -0.15) is 0 Å². The number of pyridine rings is 2. The minimum Gasteiger partial charge on any atom is -0.480 e. The monoisotopic (exact) mass is 520 g/mol. The molecule has 2 aromatic carbocycles. The van der Waals surface area contributed by atoms with Crippen molar-refractivity contribution >= 4 is 48.4 Å². The number of aromatic nitrogens is 2. The molecule has 4 aromatic rings. The smallest absolute Gasteiger partial charge is 0.262 e. The lowest BCUT2D eigenvalue weighted by atomic mass is 10.0. The molecule has 0 saturated heterocycles.